The lowest BCUT2D eigenvalue weighted by Crippen LogP contribution is -2.32. The van der Waals surface area contributed by atoms with E-state index in [1.165, 1.54) is 29.5 Å². The number of piperidine rings is 1. The van der Waals surface area contributed by atoms with Crippen LogP contribution < -0.4 is 0 Å². The van der Waals surface area contributed by atoms with Gasteiger partial charge in [0.25, 0.3) is 0 Å². The smallest absolute Gasteiger partial charge is 0.0695 e. The van der Waals surface area contributed by atoms with Crippen LogP contribution in [0.3, 0.4) is 0 Å². The number of hydrogen-bond acceptors (Lipinski definition) is 3. The van der Waals surface area contributed by atoms with Crippen LogP contribution in [-0.4, -0.2) is 38.0 Å². The van der Waals surface area contributed by atoms with E-state index in [0.717, 1.165) is 25.3 Å². The Balaban J connectivity index is 1.40. The zero-order valence-electron chi connectivity index (χ0n) is 14.0. The lowest BCUT2D eigenvalue weighted by molar-refractivity contribution is 0.205. The topological polar surface area (TPSA) is 49.7 Å². The highest BCUT2D eigenvalue weighted by molar-refractivity contribution is 5.62. The number of aromatic amines is 1. The molecule has 5 heteroatoms. The third kappa shape index (κ3) is 3.12. The molecule has 0 unspecified atom stereocenters. The predicted molar refractivity (Wildman–Crippen MR) is 94.5 cm³/mol. The summed E-state index contributed by atoms with van der Waals surface area (Å²) in [4.78, 5) is 2.53. The molecule has 1 aliphatic heterocycles. The van der Waals surface area contributed by atoms with Crippen LogP contribution in [0.15, 0.2) is 48.9 Å². The molecule has 1 fully saturated rings. The minimum Gasteiger partial charge on any atom is -0.299 e. The summed E-state index contributed by atoms with van der Waals surface area (Å²) in [7, 11) is 1.99. The molecule has 2 aromatic heterocycles. The molecule has 0 radical (unpaired) electrons. The van der Waals surface area contributed by atoms with Gasteiger partial charge in [-0.2, -0.15) is 10.2 Å². The number of H-pyrrole nitrogens is 1. The van der Waals surface area contributed by atoms with Crippen LogP contribution >= 0.6 is 0 Å². The number of hydrogen-bond donors (Lipinski definition) is 1. The van der Waals surface area contributed by atoms with Crippen molar-refractivity contribution in [3.8, 4) is 11.3 Å². The first-order valence-corrected chi connectivity index (χ1v) is 8.58. The second-order valence-electron chi connectivity index (χ2n) is 6.63. The Morgan fingerprint density at radius 1 is 1.12 bits per heavy atom. The van der Waals surface area contributed by atoms with Gasteiger partial charge < -0.3 is 0 Å². The second-order valence-corrected chi connectivity index (χ2v) is 6.63. The first kappa shape index (κ1) is 15.1. The first-order valence-electron chi connectivity index (χ1n) is 8.58. The highest BCUT2D eigenvalue weighted by atomic mass is 15.2. The summed E-state index contributed by atoms with van der Waals surface area (Å²) < 4.78 is 1.90. The first-order chi connectivity index (χ1) is 11.8. The number of likely N-dealkylation sites (tertiary alicyclic amines) is 1. The van der Waals surface area contributed by atoms with Gasteiger partial charge in [-0.05, 0) is 43.0 Å². The van der Waals surface area contributed by atoms with E-state index in [1.54, 1.807) is 0 Å². The van der Waals surface area contributed by atoms with Crippen molar-refractivity contribution in [1.29, 1.82) is 0 Å². The van der Waals surface area contributed by atoms with E-state index >= 15 is 0 Å². The monoisotopic (exact) mass is 321 g/mol. The molecule has 0 amide bonds. The maximum atomic E-state index is 4.31. The maximum Gasteiger partial charge on any atom is 0.0695 e. The molecular weight excluding hydrogens is 298 g/mol. The molecule has 0 atom stereocenters. The summed E-state index contributed by atoms with van der Waals surface area (Å²) in [6, 6.07) is 10.4. The summed E-state index contributed by atoms with van der Waals surface area (Å²) >= 11 is 0. The van der Waals surface area contributed by atoms with Gasteiger partial charge in [-0.25, -0.2) is 0 Å². The molecule has 5 nitrogen and oxygen atoms in total. The molecule has 1 saturated heterocycles. The third-order valence-electron chi connectivity index (χ3n) is 4.96. The largest absolute Gasteiger partial charge is 0.299 e. The van der Waals surface area contributed by atoms with Crippen molar-refractivity contribution in [2.45, 2.75) is 25.3 Å². The minimum absolute atomic E-state index is 0.646. The normalized spacial score (nSPS) is 16.5. The molecule has 1 aliphatic rings. The number of aryl methyl sites for hydroxylation is 1. The number of nitrogens with one attached hydrogen (secondary N) is 1. The van der Waals surface area contributed by atoms with E-state index in [1.807, 2.05) is 30.2 Å². The van der Waals surface area contributed by atoms with E-state index in [4.69, 9.17) is 0 Å². The lowest BCUT2D eigenvalue weighted by Gasteiger charge is -2.31. The molecule has 1 aromatic carbocycles. The van der Waals surface area contributed by atoms with Crippen LogP contribution in [0.4, 0.5) is 0 Å². The van der Waals surface area contributed by atoms with Crippen molar-refractivity contribution in [3.63, 3.8) is 0 Å². The van der Waals surface area contributed by atoms with Crippen molar-refractivity contribution in [2.24, 2.45) is 7.05 Å². The van der Waals surface area contributed by atoms with Gasteiger partial charge in [0.2, 0.25) is 0 Å². The predicted octanol–water partition coefficient (Wildman–Crippen LogP) is 3.19. The molecule has 0 bridgehead atoms. The van der Waals surface area contributed by atoms with E-state index in [0.29, 0.717) is 5.92 Å². The summed E-state index contributed by atoms with van der Waals surface area (Å²) in [6.07, 6.45) is 8.54. The van der Waals surface area contributed by atoms with Crippen molar-refractivity contribution < 1.29 is 0 Å². The zero-order chi connectivity index (χ0) is 16.4. The van der Waals surface area contributed by atoms with Gasteiger partial charge in [-0.3, -0.25) is 14.7 Å². The highest BCUT2D eigenvalue weighted by Crippen LogP contribution is 2.29. The van der Waals surface area contributed by atoms with Crippen molar-refractivity contribution in [3.05, 3.63) is 60.0 Å². The third-order valence-corrected chi connectivity index (χ3v) is 4.96. The zero-order valence-corrected chi connectivity index (χ0v) is 14.0. The van der Waals surface area contributed by atoms with E-state index in [9.17, 15) is 0 Å². The summed E-state index contributed by atoms with van der Waals surface area (Å²) in [5, 5.41) is 11.7. The summed E-state index contributed by atoms with van der Waals surface area (Å²) in [5.41, 5.74) is 5.01. The maximum absolute atomic E-state index is 4.31. The molecule has 1 N–H and O–H groups in total. The average Bonchev–Trinajstić information content (AvgIpc) is 3.25. The van der Waals surface area contributed by atoms with Gasteiger partial charge >= 0.3 is 0 Å². The molecule has 0 aliphatic carbocycles. The van der Waals surface area contributed by atoms with Gasteiger partial charge in [0.05, 0.1) is 18.1 Å². The quantitative estimate of drug-likeness (QED) is 0.803. The molecule has 0 saturated carbocycles. The van der Waals surface area contributed by atoms with E-state index in [2.05, 4.69) is 50.7 Å². The summed E-state index contributed by atoms with van der Waals surface area (Å²) in [6.45, 7) is 3.21. The fraction of sp³-hybridized carbons (Fsp3) is 0.368. The Kier molecular flexibility index (Phi) is 4.17. The Hall–Kier alpha value is -2.40. The van der Waals surface area contributed by atoms with Gasteiger partial charge in [0.1, 0.15) is 0 Å². The van der Waals surface area contributed by atoms with Crippen LogP contribution in [0.25, 0.3) is 11.3 Å². The van der Waals surface area contributed by atoms with Gasteiger partial charge in [-0.1, -0.05) is 30.3 Å². The van der Waals surface area contributed by atoms with Crippen LogP contribution in [-0.2, 0) is 13.6 Å². The number of nitrogens with zero attached hydrogens (tertiary/aromatic N) is 4. The minimum atomic E-state index is 0.646. The molecular formula is C19H23N5. The van der Waals surface area contributed by atoms with Crippen LogP contribution in [0.2, 0.25) is 0 Å². The molecule has 24 heavy (non-hydrogen) atoms. The molecule has 3 aromatic rings. The number of rotatable bonds is 4. The van der Waals surface area contributed by atoms with Gasteiger partial charge in [0.15, 0.2) is 0 Å². The fourth-order valence-electron chi connectivity index (χ4n) is 3.60. The Morgan fingerprint density at radius 2 is 1.92 bits per heavy atom. The van der Waals surface area contributed by atoms with Crippen LogP contribution in [0.1, 0.15) is 29.9 Å². The summed E-state index contributed by atoms with van der Waals surface area (Å²) in [5.74, 6) is 0.646. The SMILES string of the molecule is Cn1cc(C2CCN(Cc3cn[nH]c3-c3ccccc3)CC2)cn1. The fourth-order valence-corrected chi connectivity index (χ4v) is 3.60. The average molecular weight is 321 g/mol. The van der Waals surface area contributed by atoms with E-state index in [-0.39, 0.29) is 0 Å². The lowest BCUT2D eigenvalue weighted by atomic mass is 9.91. The molecule has 4 rings (SSSR count). The molecule has 3 heterocycles. The van der Waals surface area contributed by atoms with Crippen LogP contribution in [0.5, 0.6) is 0 Å². The standard InChI is InChI=1S/C19H23N5/c1-23-13-17(12-21-23)15-7-9-24(10-8-15)14-18-11-20-22-19(18)16-5-3-2-4-6-16/h2-6,11-13,15H,7-10,14H2,1H3,(H,20,22). The van der Waals surface area contributed by atoms with Gasteiger partial charge in [-0.15, -0.1) is 0 Å². The molecule has 0 spiro atoms. The van der Waals surface area contributed by atoms with Crippen LogP contribution in [0, 0.1) is 0 Å². The van der Waals surface area contributed by atoms with Crippen molar-refractivity contribution >= 4 is 0 Å². The van der Waals surface area contributed by atoms with E-state index < -0.39 is 0 Å². The van der Waals surface area contributed by atoms with Crippen molar-refractivity contribution in [1.82, 2.24) is 24.9 Å². The second kappa shape index (κ2) is 6.61. The van der Waals surface area contributed by atoms with Gasteiger partial charge in [0, 0.05) is 25.4 Å². The van der Waals surface area contributed by atoms with Crippen molar-refractivity contribution in [2.75, 3.05) is 13.1 Å². The Labute approximate surface area is 142 Å². The number of benzene rings is 1. The Morgan fingerprint density at radius 3 is 2.62 bits per heavy atom. The molecule has 124 valence electrons. The number of aromatic nitrogens is 4. The Bertz CT molecular complexity index is 781. The highest BCUT2D eigenvalue weighted by Gasteiger charge is 2.22.